The van der Waals surface area contributed by atoms with Crippen molar-refractivity contribution in [2.45, 2.75) is 56.3 Å². The summed E-state index contributed by atoms with van der Waals surface area (Å²) in [7, 11) is -3.12. The Kier molecular flexibility index (Phi) is 5.19. The molecular weight excluding hydrogens is 290 g/mol. The second-order valence-corrected chi connectivity index (χ2v) is 8.70. The fourth-order valence-electron chi connectivity index (χ4n) is 4.05. The number of sulfonamides is 1. The van der Waals surface area contributed by atoms with Crippen molar-refractivity contribution in [2.75, 3.05) is 26.4 Å². The number of ether oxygens (including phenoxy) is 2. The molecule has 5 nitrogen and oxygen atoms in total. The molecule has 4 atom stereocenters. The van der Waals surface area contributed by atoms with E-state index in [1.165, 1.54) is 6.42 Å². The number of hydrogen-bond donors (Lipinski definition) is 1. The van der Waals surface area contributed by atoms with Gasteiger partial charge in [0, 0.05) is 19.8 Å². The van der Waals surface area contributed by atoms with E-state index in [0.29, 0.717) is 31.6 Å². The molecule has 1 saturated heterocycles. The highest BCUT2D eigenvalue weighted by Crippen LogP contribution is 2.47. The topological polar surface area (TPSA) is 64.6 Å². The molecule has 2 aliphatic carbocycles. The van der Waals surface area contributed by atoms with Gasteiger partial charge < -0.3 is 9.47 Å². The Morgan fingerprint density at radius 1 is 1.19 bits per heavy atom. The summed E-state index contributed by atoms with van der Waals surface area (Å²) in [5.74, 6) is 1.06. The monoisotopic (exact) mass is 317 g/mol. The molecule has 1 N–H and O–H groups in total. The van der Waals surface area contributed by atoms with E-state index >= 15 is 0 Å². The summed E-state index contributed by atoms with van der Waals surface area (Å²) in [6.07, 6.45) is 7.50. The molecule has 3 aliphatic rings. The van der Waals surface area contributed by atoms with Crippen molar-refractivity contribution >= 4 is 10.0 Å². The quantitative estimate of drug-likeness (QED) is 0.692. The standard InChI is InChI=1S/C15H27NO4S/c17-21(18,15-10-12-4-5-13(15)9-12)16-6-2-7-19-11-14-3-1-8-20-14/h12-16H,1-11H2/t12-,13-,14-,15+/m0/s1. The molecule has 0 aromatic rings. The van der Waals surface area contributed by atoms with Gasteiger partial charge in [0.15, 0.2) is 0 Å². The van der Waals surface area contributed by atoms with Crippen molar-refractivity contribution in [1.29, 1.82) is 0 Å². The summed E-state index contributed by atoms with van der Waals surface area (Å²) in [5, 5.41) is -0.135. The summed E-state index contributed by atoms with van der Waals surface area (Å²) in [4.78, 5) is 0. The van der Waals surface area contributed by atoms with Crippen molar-refractivity contribution < 1.29 is 17.9 Å². The van der Waals surface area contributed by atoms with Gasteiger partial charge in [-0.15, -0.1) is 0 Å². The molecule has 1 heterocycles. The van der Waals surface area contributed by atoms with Crippen molar-refractivity contribution in [2.24, 2.45) is 11.8 Å². The van der Waals surface area contributed by atoms with E-state index in [0.717, 1.165) is 45.1 Å². The first-order valence-electron chi connectivity index (χ1n) is 8.33. The summed E-state index contributed by atoms with van der Waals surface area (Å²) in [5.41, 5.74) is 0. The maximum atomic E-state index is 12.3. The maximum Gasteiger partial charge on any atom is 0.214 e. The van der Waals surface area contributed by atoms with Crippen LogP contribution in [0.4, 0.5) is 0 Å². The van der Waals surface area contributed by atoms with E-state index in [9.17, 15) is 8.42 Å². The maximum absolute atomic E-state index is 12.3. The van der Waals surface area contributed by atoms with Gasteiger partial charge in [0.2, 0.25) is 10.0 Å². The third-order valence-corrected chi connectivity index (χ3v) is 7.15. The molecule has 0 spiro atoms. The van der Waals surface area contributed by atoms with Crippen LogP contribution in [0.1, 0.15) is 44.9 Å². The summed E-state index contributed by atoms with van der Waals surface area (Å²) >= 11 is 0. The van der Waals surface area contributed by atoms with Crippen molar-refractivity contribution in [3.63, 3.8) is 0 Å². The Bertz CT molecular complexity index is 433. The van der Waals surface area contributed by atoms with Crippen LogP contribution >= 0.6 is 0 Å². The molecule has 0 aromatic carbocycles. The molecular formula is C15H27NO4S. The fraction of sp³-hybridized carbons (Fsp3) is 1.00. The first-order valence-corrected chi connectivity index (χ1v) is 9.87. The molecule has 0 amide bonds. The molecule has 2 saturated carbocycles. The molecule has 21 heavy (non-hydrogen) atoms. The number of rotatable bonds is 8. The van der Waals surface area contributed by atoms with Crippen molar-refractivity contribution in [3.8, 4) is 0 Å². The van der Waals surface area contributed by atoms with Crippen LogP contribution in [-0.2, 0) is 19.5 Å². The van der Waals surface area contributed by atoms with Gasteiger partial charge in [-0.2, -0.15) is 0 Å². The van der Waals surface area contributed by atoms with E-state index in [1.54, 1.807) is 0 Å². The smallest absolute Gasteiger partial charge is 0.214 e. The largest absolute Gasteiger partial charge is 0.379 e. The fourth-order valence-corrected chi connectivity index (χ4v) is 5.98. The van der Waals surface area contributed by atoms with Gasteiger partial charge in [-0.1, -0.05) is 6.42 Å². The van der Waals surface area contributed by atoms with Crippen LogP contribution in [-0.4, -0.2) is 46.1 Å². The molecule has 1 aliphatic heterocycles. The molecule has 3 fully saturated rings. The van der Waals surface area contributed by atoms with Gasteiger partial charge in [0.1, 0.15) is 0 Å². The van der Waals surface area contributed by atoms with Crippen LogP contribution < -0.4 is 4.72 Å². The predicted octanol–water partition coefficient (Wildman–Crippen LogP) is 1.68. The molecule has 0 radical (unpaired) electrons. The third kappa shape index (κ3) is 3.97. The highest BCUT2D eigenvalue weighted by atomic mass is 32.2. The average molecular weight is 317 g/mol. The lowest BCUT2D eigenvalue weighted by Crippen LogP contribution is -2.38. The summed E-state index contributed by atoms with van der Waals surface area (Å²) in [6, 6.07) is 0. The highest BCUT2D eigenvalue weighted by molar-refractivity contribution is 7.90. The molecule has 0 aromatic heterocycles. The van der Waals surface area contributed by atoms with Crippen LogP contribution in [0.25, 0.3) is 0 Å². The Morgan fingerprint density at radius 2 is 2.10 bits per heavy atom. The normalized spacial score (nSPS) is 35.6. The molecule has 2 bridgehead atoms. The zero-order valence-corrected chi connectivity index (χ0v) is 13.4. The minimum Gasteiger partial charge on any atom is -0.379 e. The van der Waals surface area contributed by atoms with Gasteiger partial charge in [-0.25, -0.2) is 13.1 Å². The second-order valence-electron chi connectivity index (χ2n) is 6.72. The van der Waals surface area contributed by atoms with Crippen LogP contribution in [0.2, 0.25) is 0 Å². The lowest BCUT2D eigenvalue weighted by atomic mass is 10.0. The van der Waals surface area contributed by atoms with Gasteiger partial charge in [0.05, 0.1) is 18.0 Å². The lowest BCUT2D eigenvalue weighted by molar-refractivity contribution is 0.0169. The van der Waals surface area contributed by atoms with Crippen LogP contribution in [0.3, 0.4) is 0 Å². The minimum absolute atomic E-state index is 0.135. The van der Waals surface area contributed by atoms with E-state index in [2.05, 4.69) is 4.72 Å². The van der Waals surface area contributed by atoms with Crippen molar-refractivity contribution in [3.05, 3.63) is 0 Å². The van der Waals surface area contributed by atoms with Crippen LogP contribution in [0.5, 0.6) is 0 Å². The van der Waals surface area contributed by atoms with Crippen LogP contribution in [0.15, 0.2) is 0 Å². The first-order chi connectivity index (χ1) is 10.1. The molecule has 122 valence electrons. The van der Waals surface area contributed by atoms with Gasteiger partial charge in [-0.05, 0) is 50.4 Å². The second kappa shape index (κ2) is 6.94. The number of fused-ring (bicyclic) bond motifs is 2. The minimum atomic E-state index is -3.12. The predicted molar refractivity (Wildman–Crippen MR) is 80.6 cm³/mol. The lowest BCUT2D eigenvalue weighted by Gasteiger charge is -2.22. The van der Waals surface area contributed by atoms with E-state index in [4.69, 9.17) is 9.47 Å². The summed E-state index contributed by atoms with van der Waals surface area (Å²) < 4.78 is 38.4. The molecule has 6 heteroatoms. The third-order valence-electron chi connectivity index (χ3n) is 5.17. The van der Waals surface area contributed by atoms with E-state index in [-0.39, 0.29) is 11.4 Å². The van der Waals surface area contributed by atoms with Gasteiger partial charge in [-0.3, -0.25) is 0 Å². The molecule has 0 unspecified atom stereocenters. The SMILES string of the molecule is O=S(=O)(NCCCOC[C@@H]1CCCO1)[C@@H]1C[C@H]2CC[C@H]1C2. The Morgan fingerprint density at radius 3 is 2.76 bits per heavy atom. The van der Waals surface area contributed by atoms with E-state index in [1.807, 2.05) is 0 Å². The number of hydrogen-bond acceptors (Lipinski definition) is 4. The Labute approximate surface area is 127 Å². The van der Waals surface area contributed by atoms with Gasteiger partial charge in [0.25, 0.3) is 0 Å². The van der Waals surface area contributed by atoms with Crippen LogP contribution in [0, 0.1) is 11.8 Å². The highest BCUT2D eigenvalue weighted by Gasteiger charge is 2.45. The molecule has 3 rings (SSSR count). The Balaban J connectivity index is 1.29. The Hall–Kier alpha value is -0.170. The summed E-state index contributed by atoms with van der Waals surface area (Å²) in [6.45, 7) is 2.57. The van der Waals surface area contributed by atoms with Gasteiger partial charge >= 0.3 is 0 Å². The first kappa shape index (κ1) is 15.7. The number of nitrogens with one attached hydrogen (secondary N) is 1. The average Bonchev–Trinajstić information content (AvgIpc) is 3.19. The van der Waals surface area contributed by atoms with Crippen molar-refractivity contribution in [1.82, 2.24) is 4.72 Å². The zero-order valence-electron chi connectivity index (χ0n) is 12.6. The zero-order chi connectivity index (χ0) is 14.7. The van der Waals surface area contributed by atoms with E-state index < -0.39 is 10.0 Å².